The van der Waals surface area contributed by atoms with Gasteiger partial charge < -0.3 is 19.5 Å². The molecule has 6 heteroatoms. The molecule has 1 aromatic heterocycles. The van der Waals surface area contributed by atoms with Crippen LogP contribution in [0.2, 0.25) is 0 Å². The number of amides is 1. The third-order valence-corrected chi connectivity index (χ3v) is 3.82. The molecule has 0 spiro atoms. The first-order valence-corrected chi connectivity index (χ1v) is 6.91. The zero-order chi connectivity index (χ0) is 13.1. The fourth-order valence-corrected chi connectivity index (χ4v) is 2.74. The minimum absolute atomic E-state index is 0.118. The number of imidazole rings is 1. The lowest BCUT2D eigenvalue weighted by molar-refractivity contribution is -0.135. The molecule has 3 rings (SSSR count). The molecule has 0 aliphatic carbocycles. The van der Waals surface area contributed by atoms with Crippen LogP contribution < -0.4 is 5.32 Å². The lowest BCUT2D eigenvalue weighted by Gasteiger charge is -2.26. The van der Waals surface area contributed by atoms with Gasteiger partial charge in [-0.15, -0.1) is 0 Å². The van der Waals surface area contributed by atoms with E-state index in [1.54, 1.807) is 0 Å². The Morgan fingerprint density at radius 2 is 2.32 bits per heavy atom. The van der Waals surface area contributed by atoms with Gasteiger partial charge in [-0.25, -0.2) is 4.98 Å². The molecule has 1 saturated heterocycles. The highest BCUT2D eigenvalue weighted by atomic mass is 16.5. The van der Waals surface area contributed by atoms with Gasteiger partial charge in [-0.1, -0.05) is 0 Å². The van der Waals surface area contributed by atoms with E-state index in [2.05, 4.69) is 14.9 Å². The van der Waals surface area contributed by atoms with Gasteiger partial charge in [0.15, 0.2) is 0 Å². The van der Waals surface area contributed by atoms with Gasteiger partial charge in [0.05, 0.1) is 24.7 Å². The quantitative estimate of drug-likeness (QED) is 0.842. The van der Waals surface area contributed by atoms with Crippen LogP contribution >= 0.6 is 0 Å². The van der Waals surface area contributed by atoms with Crippen molar-refractivity contribution in [3.05, 3.63) is 18.2 Å². The molecule has 0 radical (unpaired) electrons. The average molecular weight is 264 g/mol. The summed E-state index contributed by atoms with van der Waals surface area (Å²) in [6.45, 7) is 4.23. The van der Waals surface area contributed by atoms with Crippen molar-refractivity contribution in [1.82, 2.24) is 19.8 Å². The number of ether oxygens (including phenoxy) is 1. The highest BCUT2D eigenvalue weighted by molar-refractivity contribution is 5.77. The summed E-state index contributed by atoms with van der Waals surface area (Å²) in [7, 11) is 0. The van der Waals surface area contributed by atoms with Crippen molar-refractivity contribution in [3.63, 3.8) is 0 Å². The highest BCUT2D eigenvalue weighted by Gasteiger charge is 2.21. The Morgan fingerprint density at radius 3 is 3.16 bits per heavy atom. The predicted molar refractivity (Wildman–Crippen MR) is 69.6 cm³/mol. The molecule has 1 aromatic rings. The molecule has 2 aliphatic rings. The summed E-state index contributed by atoms with van der Waals surface area (Å²) in [5.74, 6) is 0.118. The number of nitrogens with one attached hydrogen (secondary N) is 1. The standard InChI is InChI=1S/C13H20N4O2/c18-13(16-3-1-2-4-16)9-19-8-12-7-14-5-11-6-15-10-17(11)12/h6,10,12,14H,1-5,7-9H2/t12-/m1/s1. The van der Waals surface area contributed by atoms with Crippen LogP contribution in [0.5, 0.6) is 0 Å². The topological polar surface area (TPSA) is 59.4 Å². The molecule has 19 heavy (non-hydrogen) atoms. The maximum Gasteiger partial charge on any atom is 0.248 e. The smallest absolute Gasteiger partial charge is 0.248 e. The van der Waals surface area contributed by atoms with Crippen LogP contribution in [-0.2, 0) is 16.1 Å². The molecule has 1 amide bonds. The summed E-state index contributed by atoms with van der Waals surface area (Å²) in [5, 5.41) is 3.33. The molecule has 1 fully saturated rings. The molecule has 3 heterocycles. The molecule has 0 bridgehead atoms. The fourth-order valence-electron chi connectivity index (χ4n) is 2.74. The first-order chi connectivity index (χ1) is 9.34. The van der Waals surface area contributed by atoms with Crippen LogP contribution in [0, 0.1) is 0 Å². The van der Waals surface area contributed by atoms with Crippen LogP contribution in [0.3, 0.4) is 0 Å². The molecule has 104 valence electrons. The van der Waals surface area contributed by atoms with Crippen LogP contribution in [0.4, 0.5) is 0 Å². The number of aromatic nitrogens is 2. The molecule has 1 atom stereocenters. The van der Waals surface area contributed by atoms with Gasteiger partial charge in [-0.05, 0) is 12.8 Å². The van der Waals surface area contributed by atoms with E-state index in [4.69, 9.17) is 4.74 Å². The zero-order valence-electron chi connectivity index (χ0n) is 11.0. The number of rotatable bonds is 4. The van der Waals surface area contributed by atoms with Crippen LogP contribution in [0.15, 0.2) is 12.5 Å². The summed E-state index contributed by atoms with van der Waals surface area (Å²) in [6, 6.07) is 0.234. The van der Waals surface area contributed by atoms with E-state index < -0.39 is 0 Å². The fraction of sp³-hybridized carbons (Fsp3) is 0.692. The Hall–Kier alpha value is -1.40. The Morgan fingerprint density at radius 1 is 1.47 bits per heavy atom. The van der Waals surface area contributed by atoms with Gasteiger partial charge >= 0.3 is 0 Å². The summed E-state index contributed by atoms with van der Waals surface area (Å²) in [4.78, 5) is 17.9. The number of carbonyl (C=O) groups excluding carboxylic acids is 1. The van der Waals surface area contributed by atoms with E-state index in [0.717, 1.165) is 39.0 Å². The molecule has 0 saturated carbocycles. The minimum Gasteiger partial charge on any atom is -0.369 e. The van der Waals surface area contributed by atoms with E-state index in [1.807, 2.05) is 17.4 Å². The van der Waals surface area contributed by atoms with E-state index >= 15 is 0 Å². The van der Waals surface area contributed by atoms with Crippen molar-refractivity contribution in [3.8, 4) is 0 Å². The molecule has 2 aliphatic heterocycles. The van der Waals surface area contributed by atoms with Crippen LogP contribution in [-0.4, -0.2) is 53.2 Å². The molecule has 0 aromatic carbocycles. The molecule has 1 N–H and O–H groups in total. The number of hydrogen-bond acceptors (Lipinski definition) is 4. The van der Waals surface area contributed by atoms with Gasteiger partial charge in [-0.3, -0.25) is 4.79 Å². The summed E-state index contributed by atoms with van der Waals surface area (Å²) in [5.41, 5.74) is 1.17. The Labute approximate surface area is 112 Å². The Balaban J connectivity index is 1.47. The predicted octanol–water partition coefficient (Wildman–Crippen LogP) is 0.166. The number of fused-ring (bicyclic) bond motifs is 1. The summed E-state index contributed by atoms with van der Waals surface area (Å²) in [6.07, 6.45) is 5.95. The molecular formula is C13H20N4O2. The summed E-state index contributed by atoms with van der Waals surface area (Å²) >= 11 is 0. The maximum absolute atomic E-state index is 11.8. The van der Waals surface area contributed by atoms with E-state index in [-0.39, 0.29) is 18.6 Å². The van der Waals surface area contributed by atoms with Crippen molar-refractivity contribution in [2.75, 3.05) is 32.8 Å². The van der Waals surface area contributed by atoms with Crippen molar-refractivity contribution in [2.24, 2.45) is 0 Å². The van der Waals surface area contributed by atoms with Gasteiger partial charge in [0.25, 0.3) is 0 Å². The monoisotopic (exact) mass is 264 g/mol. The molecule has 0 unspecified atom stereocenters. The SMILES string of the molecule is O=C(COC[C@H]1CNCc2cncn21)N1CCCC1. The lowest BCUT2D eigenvalue weighted by atomic mass is 10.2. The molecular weight excluding hydrogens is 244 g/mol. The van der Waals surface area contributed by atoms with Crippen molar-refractivity contribution >= 4 is 5.91 Å². The first kappa shape index (κ1) is 12.6. The van der Waals surface area contributed by atoms with Gasteiger partial charge in [-0.2, -0.15) is 0 Å². The molecule has 6 nitrogen and oxygen atoms in total. The van der Waals surface area contributed by atoms with Crippen molar-refractivity contribution in [1.29, 1.82) is 0 Å². The Bertz CT molecular complexity index is 440. The maximum atomic E-state index is 11.8. The first-order valence-electron chi connectivity index (χ1n) is 6.91. The third kappa shape index (κ3) is 2.79. The lowest BCUT2D eigenvalue weighted by Crippen LogP contribution is -2.36. The number of carbonyl (C=O) groups is 1. The second-order valence-corrected chi connectivity index (χ2v) is 5.18. The summed E-state index contributed by atoms with van der Waals surface area (Å²) < 4.78 is 7.73. The number of likely N-dealkylation sites (tertiary alicyclic amines) is 1. The van der Waals surface area contributed by atoms with Gasteiger partial charge in [0, 0.05) is 32.4 Å². The normalized spacial score (nSPS) is 22.5. The van der Waals surface area contributed by atoms with E-state index in [9.17, 15) is 4.79 Å². The second-order valence-electron chi connectivity index (χ2n) is 5.18. The number of nitrogens with zero attached hydrogens (tertiary/aromatic N) is 3. The highest BCUT2D eigenvalue weighted by Crippen LogP contribution is 2.15. The minimum atomic E-state index is 0.118. The van der Waals surface area contributed by atoms with Crippen LogP contribution in [0.25, 0.3) is 0 Å². The van der Waals surface area contributed by atoms with Crippen LogP contribution in [0.1, 0.15) is 24.6 Å². The Kier molecular flexibility index (Phi) is 3.79. The number of hydrogen-bond donors (Lipinski definition) is 1. The zero-order valence-corrected chi connectivity index (χ0v) is 11.0. The van der Waals surface area contributed by atoms with Gasteiger partial charge in [0.2, 0.25) is 5.91 Å². The average Bonchev–Trinajstić information content (AvgIpc) is 3.10. The second kappa shape index (κ2) is 5.71. The van der Waals surface area contributed by atoms with Crippen molar-refractivity contribution < 1.29 is 9.53 Å². The largest absolute Gasteiger partial charge is 0.369 e. The van der Waals surface area contributed by atoms with Gasteiger partial charge in [0.1, 0.15) is 6.61 Å². The van der Waals surface area contributed by atoms with Crippen molar-refractivity contribution in [2.45, 2.75) is 25.4 Å². The third-order valence-electron chi connectivity index (χ3n) is 3.82. The van der Waals surface area contributed by atoms with E-state index in [1.165, 1.54) is 5.69 Å². The van der Waals surface area contributed by atoms with E-state index in [0.29, 0.717) is 6.61 Å².